The molecule has 0 heterocycles. The molecule has 0 amide bonds. The highest BCUT2D eigenvalue weighted by atomic mass is 14.2. The maximum atomic E-state index is 2.43. The van der Waals surface area contributed by atoms with Gasteiger partial charge in [-0.3, -0.25) is 0 Å². The molecule has 212 valence electrons. The standard InChI is InChI=1S/C46H28/c1-4-10-33-25-36(16-13-29(33)7-1)39-21-19-32-20-22-41-43(37-17-14-30-8-2-5-11-34(30)26-37)28-44(42-24-23-40(39)45(32)46(41)42)38-18-15-31-9-3-6-12-35(31)27-38/h1-28H. The normalized spacial score (nSPS) is 11.9. The highest BCUT2D eigenvalue weighted by Crippen LogP contribution is 2.46. The van der Waals surface area contributed by atoms with Gasteiger partial charge < -0.3 is 0 Å². The minimum Gasteiger partial charge on any atom is -0.0616 e. The van der Waals surface area contributed by atoms with Crippen LogP contribution in [0.5, 0.6) is 0 Å². The largest absolute Gasteiger partial charge is 0.0616 e. The van der Waals surface area contributed by atoms with Gasteiger partial charge in [0, 0.05) is 0 Å². The molecule has 0 atom stereocenters. The van der Waals surface area contributed by atoms with E-state index in [9.17, 15) is 0 Å². The third-order valence-electron chi connectivity index (χ3n) is 9.96. The predicted octanol–water partition coefficient (Wildman–Crippen LogP) is 13.0. The predicted molar refractivity (Wildman–Crippen MR) is 199 cm³/mol. The number of rotatable bonds is 3. The molecule has 0 spiro atoms. The van der Waals surface area contributed by atoms with Crippen LogP contribution in [0, 0.1) is 0 Å². The first-order valence-electron chi connectivity index (χ1n) is 16.0. The summed E-state index contributed by atoms with van der Waals surface area (Å²) in [6.45, 7) is 0. The lowest BCUT2D eigenvalue weighted by atomic mass is 9.83. The molecule has 0 fully saturated rings. The van der Waals surface area contributed by atoms with Crippen molar-refractivity contribution in [2.45, 2.75) is 0 Å². The van der Waals surface area contributed by atoms with Gasteiger partial charge in [-0.2, -0.15) is 0 Å². The lowest BCUT2D eigenvalue weighted by molar-refractivity contribution is 1.66. The van der Waals surface area contributed by atoms with Crippen LogP contribution in [0.3, 0.4) is 0 Å². The summed E-state index contributed by atoms with van der Waals surface area (Å²) in [6.07, 6.45) is 0. The van der Waals surface area contributed by atoms with Crippen molar-refractivity contribution in [1.82, 2.24) is 0 Å². The fraction of sp³-hybridized carbons (Fsp3) is 0. The number of fused-ring (bicyclic) bond motifs is 3. The lowest BCUT2D eigenvalue weighted by Gasteiger charge is -2.20. The Morgan fingerprint density at radius 1 is 0.217 bits per heavy atom. The van der Waals surface area contributed by atoms with Crippen LogP contribution in [-0.4, -0.2) is 0 Å². The summed E-state index contributed by atoms with van der Waals surface area (Å²) in [5.41, 5.74) is 7.55. The second-order valence-electron chi connectivity index (χ2n) is 12.5. The van der Waals surface area contributed by atoms with Crippen molar-refractivity contribution in [2.75, 3.05) is 0 Å². The molecule has 0 saturated heterocycles. The third kappa shape index (κ3) is 3.81. The van der Waals surface area contributed by atoms with Crippen LogP contribution in [-0.2, 0) is 0 Å². The highest BCUT2D eigenvalue weighted by Gasteiger charge is 2.19. The minimum absolute atomic E-state index is 1.24. The molecule has 10 aromatic rings. The molecule has 0 aromatic heterocycles. The lowest BCUT2D eigenvalue weighted by Crippen LogP contribution is -1.92. The Hall–Kier alpha value is -5.98. The van der Waals surface area contributed by atoms with Crippen LogP contribution in [0.25, 0.3) is 98.0 Å². The van der Waals surface area contributed by atoms with Crippen molar-refractivity contribution >= 4 is 64.6 Å². The molecule has 10 rings (SSSR count). The quantitative estimate of drug-likeness (QED) is 0.182. The first kappa shape index (κ1) is 25.4. The molecule has 0 aliphatic heterocycles. The zero-order valence-corrected chi connectivity index (χ0v) is 25.2. The van der Waals surface area contributed by atoms with Gasteiger partial charge in [0.1, 0.15) is 0 Å². The van der Waals surface area contributed by atoms with Gasteiger partial charge in [0.05, 0.1) is 0 Å². The Balaban J connectivity index is 1.32. The smallest absolute Gasteiger partial charge is 0.00141 e. The van der Waals surface area contributed by atoms with Gasteiger partial charge in [0.2, 0.25) is 0 Å². The van der Waals surface area contributed by atoms with E-state index in [2.05, 4.69) is 170 Å². The molecule has 0 saturated carbocycles. The van der Waals surface area contributed by atoms with Gasteiger partial charge in [-0.15, -0.1) is 0 Å². The average molecular weight is 581 g/mol. The highest BCUT2D eigenvalue weighted by molar-refractivity contribution is 6.30. The fourth-order valence-electron chi connectivity index (χ4n) is 7.70. The second kappa shape index (κ2) is 9.76. The van der Waals surface area contributed by atoms with E-state index in [1.165, 1.54) is 98.0 Å². The molecule has 0 radical (unpaired) electrons. The van der Waals surface area contributed by atoms with Crippen molar-refractivity contribution in [3.8, 4) is 33.4 Å². The molecular weight excluding hydrogens is 553 g/mol. The summed E-state index contributed by atoms with van der Waals surface area (Å²) in [7, 11) is 0. The zero-order chi connectivity index (χ0) is 30.2. The van der Waals surface area contributed by atoms with E-state index in [4.69, 9.17) is 0 Å². The third-order valence-corrected chi connectivity index (χ3v) is 9.96. The Labute approximate surface area is 267 Å². The van der Waals surface area contributed by atoms with Gasteiger partial charge in [0.15, 0.2) is 0 Å². The zero-order valence-electron chi connectivity index (χ0n) is 25.2. The Kier molecular flexibility index (Phi) is 5.38. The van der Waals surface area contributed by atoms with E-state index in [1.807, 2.05) is 0 Å². The molecule has 10 aromatic carbocycles. The van der Waals surface area contributed by atoms with E-state index in [0.29, 0.717) is 0 Å². The van der Waals surface area contributed by atoms with Crippen LogP contribution >= 0.6 is 0 Å². The van der Waals surface area contributed by atoms with Crippen LogP contribution in [0.2, 0.25) is 0 Å². The van der Waals surface area contributed by atoms with E-state index in [1.54, 1.807) is 0 Å². The molecule has 46 heavy (non-hydrogen) atoms. The van der Waals surface area contributed by atoms with E-state index >= 15 is 0 Å². The van der Waals surface area contributed by atoms with Gasteiger partial charge in [-0.25, -0.2) is 0 Å². The Morgan fingerprint density at radius 2 is 0.587 bits per heavy atom. The summed E-state index contributed by atoms with van der Waals surface area (Å²) in [4.78, 5) is 0. The first-order chi connectivity index (χ1) is 22.8. The number of hydrogen-bond acceptors (Lipinski definition) is 0. The van der Waals surface area contributed by atoms with Gasteiger partial charge in [-0.1, -0.05) is 146 Å². The average Bonchev–Trinajstić information content (AvgIpc) is 3.13. The number of hydrogen-bond donors (Lipinski definition) is 0. The molecule has 0 nitrogen and oxygen atoms in total. The van der Waals surface area contributed by atoms with Gasteiger partial charge in [0.25, 0.3) is 0 Å². The SMILES string of the molecule is c1ccc2cc(-c3ccc4ccc5c(-c6ccc7ccccc7c6)cc(-c6ccc7ccccc7c6)c6ccc3c4c56)ccc2c1. The van der Waals surface area contributed by atoms with Crippen molar-refractivity contribution in [3.63, 3.8) is 0 Å². The maximum absolute atomic E-state index is 2.43. The Morgan fingerprint density at radius 3 is 1.09 bits per heavy atom. The molecule has 0 N–H and O–H groups in total. The summed E-state index contributed by atoms with van der Waals surface area (Å²) >= 11 is 0. The summed E-state index contributed by atoms with van der Waals surface area (Å²) in [6, 6.07) is 63.0. The Bertz CT molecular complexity index is 2700. The van der Waals surface area contributed by atoms with Crippen LogP contribution in [0.1, 0.15) is 0 Å². The van der Waals surface area contributed by atoms with Crippen LogP contribution in [0.15, 0.2) is 170 Å². The van der Waals surface area contributed by atoms with Crippen molar-refractivity contribution in [3.05, 3.63) is 170 Å². The van der Waals surface area contributed by atoms with Gasteiger partial charge >= 0.3 is 0 Å². The molecule has 0 unspecified atom stereocenters. The summed E-state index contributed by atoms with van der Waals surface area (Å²) < 4.78 is 0. The van der Waals surface area contributed by atoms with Crippen molar-refractivity contribution in [2.24, 2.45) is 0 Å². The van der Waals surface area contributed by atoms with E-state index in [-0.39, 0.29) is 0 Å². The monoisotopic (exact) mass is 580 g/mol. The van der Waals surface area contributed by atoms with Crippen molar-refractivity contribution in [1.29, 1.82) is 0 Å². The van der Waals surface area contributed by atoms with Gasteiger partial charge in [-0.05, 0) is 122 Å². The maximum Gasteiger partial charge on any atom is -0.00141 e. The number of benzene rings is 10. The van der Waals surface area contributed by atoms with Crippen LogP contribution < -0.4 is 0 Å². The van der Waals surface area contributed by atoms with Crippen LogP contribution in [0.4, 0.5) is 0 Å². The second-order valence-corrected chi connectivity index (χ2v) is 12.5. The van der Waals surface area contributed by atoms with E-state index in [0.717, 1.165) is 0 Å². The first-order valence-corrected chi connectivity index (χ1v) is 16.0. The van der Waals surface area contributed by atoms with E-state index < -0.39 is 0 Å². The molecule has 0 bridgehead atoms. The molecular formula is C46H28. The molecule has 0 aliphatic rings. The minimum atomic E-state index is 1.24. The molecule has 0 aliphatic carbocycles. The molecule has 0 heteroatoms. The van der Waals surface area contributed by atoms with Crippen molar-refractivity contribution < 1.29 is 0 Å². The summed E-state index contributed by atoms with van der Waals surface area (Å²) in [5, 5.41) is 15.4. The summed E-state index contributed by atoms with van der Waals surface area (Å²) in [5.74, 6) is 0. The topological polar surface area (TPSA) is 0 Å². The fourth-order valence-corrected chi connectivity index (χ4v) is 7.70.